The van der Waals surface area contributed by atoms with Crippen LogP contribution < -0.4 is 0 Å². The summed E-state index contributed by atoms with van der Waals surface area (Å²) in [5.74, 6) is -0.947. The Bertz CT molecular complexity index is 618. The maximum atomic E-state index is 10.6. The average Bonchev–Trinajstić information content (AvgIpc) is 2.38. The Kier molecular flexibility index (Phi) is 4.37. The minimum absolute atomic E-state index is 0.705. The Labute approximate surface area is 117 Å². The van der Waals surface area contributed by atoms with Gasteiger partial charge in [-0.05, 0) is 41.3 Å². The molecule has 0 fully saturated rings. The molecule has 0 bridgehead atoms. The lowest BCUT2D eigenvalue weighted by atomic mass is 9.99. The van der Waals surface area contributed by atoms with Crippen LogP contribution in [0.4, 0.5) is 0 Å². The lowest BCUT2D eigenvalue weighted by molar-refractivity contribution is -0.131. The number of carboxylic acid groups (broad SMARTS) is 1. The Morgan fingerprint density at radius 3 is 2.68 bits per heavy atom. The molecule has 2 nitrogen and oxygen atoms in total. The fourth-order valence-electron chi connectivity index (χ4n) is 1.89. The van der Waals surface area contributed by atoms with Gasteiger partial charge in [-0.3, -0.25) is 0 Å². The van der Waals surface area contributed by atoms with Crippen LogP contribution in [0.25, 0.3) is 6.08 Å². The Morgan fingerprint density at radius 2 is 1.95 bits per heavy atom. The normalized spacial score (nSPS) is 10.8. The number of hydrogen-bond donors (Lipinski definition) is 1. The summed E-state index contributed by atoms with van der Waals surface area (Å²) >= 11 is 5.96. The lowest BCUT2D eigenvalue weighted by Gasteiger charge is -2.06. The zero-order valence-electron chi connectivity index (χ0n) is 10.2. The zero-order chi connectivity index (χ0) is 13.7. The molecule has 0 amide bonds. The van der Waals surface area contributed by atoms with E-state index in [2.05, 4.69) is 0 Å². The molecular formula is C16H13ClO2. The average molecular weight is 273 g/mol. The number of halogens is 1. The number of carboxylic acids is 1. The van der Waals surface area contributed by atoms with Crippen molar-refractivity contribution in [3.8, 4) is 0 Å². The van der Waals surface area contributed by atoms with Gasteiger partial charge in [0.05, 0.1) is 0 Å². The van der Waals surface area contributed by atoms with Crippen molar-refractivity contribution in [3.63, 3.8) is 0 Å². The molecule has 0 aliphatic heterocycles. The first-order valence-corrected chi connectivity index (χ1v) is 6.26. The van der Waals surface area contributed by atoms with Gasteiger partial charge in [0, 0.05) is 11.1 Å². The molecule has 0 aromatic heterocycles. The molecule has 0 heterocycles. The molecule has 1 N–H and O–H groups in total. The number of carbonyl (C=O) groups is 1. The highest BCUT2D eigenvalue weighted by molar-refractivity contribution is 6.30. The van der Waals surface area contributed by atoms with Crippen molar-refractivity contribution in [1.29, 1.82) is 0 Å². The van der Waals surface area contributed by atoms with Gasteiger partial charge < -0.3 is 5.11 Å². The van der Waals surface area contributed by atoms with Gasteiger partial charge in [-0.2, -0.15) is 0 Å². The highest BCUT2D eigenvalue weighted by Gasteiger charge is 2.02. The Balaban J connectivity index is 2.27. The molecule has 96 valence electrons. The maximum Gasteiger partial charge on any atom is 0.328 e. The van der Waals surface area contributed by atoms with Crippen LogP contribution in [0.5, 0.6) is 0 Å². The van der Waals surface area contributed by atoms with Gasteiger partial charge in [-0.1, -0.05) is 48.0 Å². The summed E-state index contributed by atoms with van der Waals surface area (Å²) in [7, 11) is 0. The second-order valence-corrected chi connectivity index (χ2v) is 4.61. The van der Waals surface area contributed by atoms with Crippen molar-refractivity contribution < 1.29 is 9.90 Å². The molecule has 2 rings (SSSR count). The second-order valence-electron chi connectivity index (χ2n) is 4.18. The first kappa shape index (κ1) is 13.4. The smallest absolute Gasteiger partial charge is 0.328 e. The van der Waals surface area contributed by atoms with E-state index >= 15 is 0 Å². The van der Waals surface area contributed by atoms with Crippen molar-refractivity contribution in [2.24, 2.45) is 0 Å². The quantitative estimate of drug-likeness (QED) is 0.853. The molecule has 0 saturated carbocycles. The van der Waals surface area contributed by atoms with Gasteiger partial charge in [-0.25, -0.2) is 4.79 Å². The van der Waals surface area contributed by atoms with E-state index in [4.69, 9.17) is 16.7 Å². The maximum absolute atomic E-state index is 10.6. The third-order valence-corrected chi connectivity index (χ3v) is 2.98. The Morgan fingerprint density at radius 1 is 1.16 bits per heavy atom. The predicted molar refractivity (Wildman–Crippen MR) is 77.4 cm³/mol. The van der Waals surface area contributed by atoms with E-state index < -0.39 is 5.97 Å². The first-order chi connectivity index (χ1) is 9.15. The summed E-state index contributed by atoms with van der Waals surface area (Å²) < 4.78 is 0. The van der Waals surface area contributed by atoms with Crippen molar-refractivity contribution in [1.82, 2.24) is 0 Å². The molecular weight excluding hydrogens is 260 g/mol. The summed E-state index contributed by atoms with van der Waals surface area (Å²) in [6.45, 7) is 0. The number of rotatable bonds is 4. The SMILES string of the molecule is O=C(O)/C=C/c1ccccc1Cc1cccc(Cl)c1. The number of benzene rings is 2. The molecule has 0 aliphatic carbocycles. The molecule has 0 aliphatic rings. The van der Waals surface area contributed by atoms with E-state index in [0.717, 1.165) is 29.2 Å². The second kappa shape index (κ2) is 6.21. The van der Waals surface area contributed by atoms with Crippen LogP contribution in [0, 0.1) is 0 Å². The van der Waals surface area contributed by atoms with Crippen molar-refractivity contribution in [3.05, 3.63) is 76.3 Å². The van der Waals surface area contributed by atoms with Gasteiger partial charge in [0.2, 0.25) is 0 Å². The van der Waals surface area contributed by atoms with Crippen LogP contribution in [-0.2, 0) is 11.2 Å². The fourth-order valence-corrected chi connectivity index (χ4v) is 2.10. The van der Waals surface area contributed by atoms with Gasteiger partial charge in [0.1, 0.15) is 0 Å². The third kappa shape index (κ3) is 3.97. The van der Waals surface area contributed by atoms with Crippen molar-refractivity contribution in [2.45, 2.75) is 6.42 Å². The van der Waals surface area contributed by atoms with Crippen LogP contribution in [-0.4, -0.2) is 11.1 Å². The van der Waals surface area contributed by atoms with Crippen LogP contribution in [0.1, 0.15) is 16.7 Å². The Hall–Kier alpha value is -2.06. The van der Waals surface area contributed by atoms with E-state index in [-0.39, 0.29) is 0 Å². The number of aliphatic carboxylic acids is 1. The van der Waals surface area contributed by atoms with E-state index in [0.29, 0.717) is 5.02 Å². The summed E-state index contributed by atoms with van der Waals surface area (Å²) in [6, 6.07) is 15.4. The van der Waals surface area contributed by atoms with Crippen LogP contribution in [0.2, 0.25) is 5.02 Å². The summed E-state index contributed by atoms with van der Waals surface area (Å²) in [5, 5.41) is 9.39. The van der Waals surface area contributed by atoms with Crippen LogP contribution >= 0.6 is 11.6 Å². The molecule has 0 unspecified atom stereocenters. The summed E-state index contributed by atoms with van der Waals surface area (Å²) in [5.41, 5.74) is 3.08. The zero-order valence-corrected chi connectivity index (χ0v) is 11.0. The van der Waals surface area contributed by atoms with E-state index in [1.54, 1.807) is 6.08 Å². The molecule has 0 saturated heterocycles. The largest absolute Gasteiger partial charge is 0.478 e. The summed E-state index contributed by atoms with van der Waals surface area (Å²) in [6.07, 6.45) is 3.49. The third-order valence-electron chi connectivity index (χ3n) is 2.74. The highest BCUT2D eigenvalue weighted by atomic mass is 35.5. The van der Waals surface area contributed by atoms with E-state index in [9.17, 15) is 4.79 Å². The number of hydrogen-bond acceptors (Lipinski definition) is 1. The standard InChI is InChI=1S/C16H13ClO2/c17-15-7-3-4-12(11-15)10-14-6-2-1-5-13(14)8-9-16(18)19/h1-9,11H,10H2,(H,18,19)/b9-8+. The summed E-state index contributed by atoms with van der Waals surface area (Å²) in [4.78, 5) is 10.6. The monoisotopic (exact) mass is 272 g/mol. The fraction of sp³-hybridized carbons (Fsp3) is 0.0625. The topological polar surface area (TPSA) is 37.3 Å². The van der Waals surface area contributed by atoms with Gasteiger partial charge >= 0.3 is 5.97 Å². The molecule has 0 atom stereocenters. The van der Waals surface area contributed by atoms with Gasteiger partial charge in [-0.15, -0.1) is 0 Å². The molecule has 0 spiro atoms. The van der Waals surface area contributed by atoms with Crippen LogP contribution in [0.15, 0.2) is 54.6 Å². The molecule has 2 aromatic carbocycles. The minimum Gasteiger partial charge on any atom is -0.478 e. The van der Waals surface area contributed by atoms with Crippen molar-refractivity contribution in [2.75, 3.05) is 0 Å². The van der Waals surface area contributed by atoms with Gasteiger partial charge in [0.25, 0.3) is 0 Å². The predicted octanol–water partition coefficient (Wildman–Crippen LogP) is 4.03. The molecule has 2 aromatic rings. The van der Waals surface area contributed by atoms with Crippen molar-refractivity contribution >= 4 is 23.6 Å². The van der Waals surface area contributed by atoms with Gasteiger partial charge in [0.15, 0.2) is 0 Å². The highest BCUT2D eigenvalue weighted by Crippen LogP contribution is 2.18. The van der Waals surface area contributed by atoms with Crippen LogP contribution in [0.3, 0.4) is 0 Å². The first-order valence-electron chi connectivity index (χ1n) is 5.88. The lowest BCUT2D eigenvalue weighted by Crippen LogP contribution is -1.92. The molecule has 3 heteroatoms. The minimum atomic E-state index is -0.947. The molecule has 0 radical (unpaired) electrons. The molecule has 19 heavy (non-hydrogen) atoms. The van der Waals surface area contributed by atoms with E-state index in [1.807, 2.05) is 48.5 Å². The van der Waals surface area contributed by atoms with E-state index in [1.165, 1.54) is 0 Å².